The molecule has 33 heavy (non-hydrogen) atoms. The molecule has 0 aromatic heterocycles. The van der Waals surface area contributed by atoms with E-state index in [4.69, 9.17) is 9.48 Å². The Hall–Kier alpha value is -3.37. The number of hydrogen-bond acceptors (Lipinski definition) is 2. The quantitative estimate of drug-likeness (QED) is 0.247. The Morgan fingerprint density at radius 1 is 0.667 bits per heavy atom. The molecule has 0 amide bonds. The van der Waals surface area contributed by atoms with Crippen molar-refractivity contribution in [3.63, 3.8) is 0 Å². The van der Waals surface area contributed by atoms with Gasteiger partial charge in [-0.2, -0.15) is 0 Å². The molecular weight excluding hydrogens is 421 g/mol. The van der Waals surface area contributed by atoms with Crippen LogP contribution in [0.1, 0.15) is 19.4 Å². The van der Waals surface area contributed by atoms with Gasteiger partial charge in [0, 0.05) is 28.6 Å². The Morgan fingerprint density at radius 2 is 1.09 bits per heavy atom. The maximum atomic E-state index is 5.92. The first kappa shape index (κ1) is 22.8. The smallest absolute Gasteiger partial charge is 0.153 e. The van der Waals surface area contributed by atoms with Crippen molar-refractivity contribution in [1.82, 2.24) is 0 Å². The molecule has 0 spiro atoms. The third-order valence-electron chi connectivity index (χ3n) is 5.84. The van der Waals surface area contributed by atoms with Gasteiger partial charge in [-0.3, -0.25) is 4.74 Å². The lowest BCUT2D eigenvalue weighted by atomic mass is 9.95. The lowest BCUT2D eigenvalue weighted by molar-refractivity contribution is 0.0556. The van der Waals surface area contributed by atoms with E-state index in [9.17, 15) is 0 Å². The van der Waals surface area contributed by atoms with Gasteiger partial charge in [-0.15, -0.1) is 5.92 Å². The summed E-state index contributed by atoms with van der Waals surface area (Å²) in [4.78, 5) is 0. The van der Waals surface area contributed by atoms with Crippen LogP contribution in [-0.4, -0.2) is 7.11 Å². The zero-order valence-corrected chi connectivity index (χ0v) is 20.2. The van der Waals surface area contributed by atoms with Crippen LogP contribution < -0.4 is 15.9 Å². The van der Waals surface area contributed by atoms with E-state index in [1.807, 2.05) is 26.0 Å². The summed E-state index contributed by atoms with van der Waals surface area (Å²) in [6.07, 6.45) is 0. The Balaban J connectivity index is 2.16. The van der Waals surface area contributed by atoms with Crippen molar-refractivity contribution in [3.8, 4) is 11.8 Å². The fourth-order valence-electron chi connectivity index (χ4n) is 4.14. The minimum Gasteiger partial charge on any atom is -0.362 e. The van der Waals surface area contributed by atoms with Crippen LogP contribution in [0.15, 0.2) is 120 Å². The van der Waals surface area contributed by atoms with Crippen molar-refractivity contribution >= 4 is 28.7 Å². The molecule has 0 aliphatic rings. The standard InChI is InChI=1S/C30H28NOP/c1-4-24-30(2,32-3)28-22-14-15-23-29(28)31-33(25-16-8-5-9-17-25,26-18-10-6-11-19-26)27-20-12-7-13-21-27/h5-23H,1-3H3. The van der Waals surface area contributed by atoms with E-state index in [-0.39, 0.29) is 0 Å². The van der Waals surface area contributed by atoms with Gasteiger partial charge >= 0.3 is 0 Å². The minimum absolute atomic E-state index is 0.755. The van der Waals surface area contributed by atoms with Gasteiger partial charge in [-0.25, -0.2) is 0 Å². The SMILES string of the molecule is CC#CC(C)(OC)c1ccccc1N=P(c1ccccc1)(c1ccccc1)c1ccccc1. The van der Waals surface area contributed by atoms with Crippen LogP contribution in [0.4, 0.5) is 5.69 Å². The first-order chi connectivity index (χ1) is 16.1. The molecule has 0 heterocycles. The van der Waals surface area contributed by atoms with Crippen LogP contribution in [-0.2, 0) is 10.3 Å². The summed E-state index contributed by atoms with van der Waals surface area (Å²) in [6.45, 7) is 3.84. The van der Waals surface area contributed by atoms with Crippen LogP contribution >= 0.6 is 7.05 Å². The summed E-state index contributed by atoms with van der Waals surface area (Å²) in [7, 11) is -0.676. The van der Waals surface area contributed by atoms with Gasteiger partial charge in [0.15, 0.2) is 5.60 Å². The van der Waals surface area contributed by atoms with Gasteiger partial charge < -0.3 is 4.74 Å². The van der Waals surface area contributed by atoms with E-state index < -0.39 is 12.7 Å². The molecule has 0 fully saturated rings. The normalized spacial score (nSPS) is 12.8. The summed E-state index contributed by atoms with van der Waals surface area (Å²) in [5, 5.41) is 3.62. The Morgan fingerprint density at radius 3 is 1.52 bits per heavy atom. The monoisotopic (exact) mass is 449 g/mol. The van der Waals surface area contributed by atoms with Crippen molar-refractivity contribution in [2.24, 2.45) is 4.74 Å². The number of methoxy groups -OCH3 is 1. The molecule has 3 heteroatoms. The molecule has 0 radical (unpaired) electrons. The second kappa shape index (κ2) is 10.1. The summed E-state index contributed by atoms with van der Waals surface area (Å²) >= 11 is 0. The van der Waals surface area contributed by atoms with Gasteiger partial charge in [0.1, 0.15) is 0 Å². The van der Waals surface area contributed by atoms with Crippen LogP contribution in [0.5, 0.6) is 0 Å². The Kier molecular flexibility index (Phi) is 6.95. The molecule has 4 aromatic rings. The molecule has 164 valence electrons. The Bertz CT molecular complexity index is 1220. The van der Waals surface area contributed by atoms with E-state index in [1.165, 1.54) is 15.9 Å². The second-order valence-corrected chi connectivity index (χ2v) is 10.9. The third kappa shape index (κ3) is 4.44. The first-order valence-electron chi connectivity index (χ1n) is 11.0. The van der Waals surface area contributed by atoms with Crippen molar-refractivity contribution in [2.75, 3.05) is 7.11 Å². The lowest BCUT2D eigenvalue weighted by Gasteiger charge is -2.29. The van der Waals surface area contributed by atoms with Crippen LogP contribution in [0, 0.1) is 11.8 Å². The van der Waals surface area contributed by atoms with Crippen molar-refractivity contribution in [3.05, 3.63) is 121 Å². The number of ether oxygens (including phenoxy) is 1. The van der Waals surface area contributed by atoms with Gasteiger partial charge in [0.05, 0.1) is 12.7 Å². The molecule has 0 saturated heterocycles. The van der Waals surface area contributed by atoms with Gasteiger partial charge in [-0.05, 0) is 19.9 Å². The number of benzene rings is 4. The van der Waals surface area contributed by atoms with E-state index >= 15 is 0 Å². The van der Waals surface area contributed by atoms with Crippen LogP contribution in [0.25, 0.3) is 0 Å². The maximum Gasteiger partial charge on any atom is 0.153 e. The fraction of sp³-hybridized carbons (Fsp3) is 0.133. The second-order valence-electron chi connectivity index (χ2n) is 7.87. The molecule has 4 aromatic carbocycles. The number of nitrogens with zero attached hydrogens (tertiary/aromatic N) is 1. The summed E-state index contributed by atoms with van der Waals surface area (Å²) in [5.74, 6) is 6.29. The molecule has 0 saturated carbocycles. The average Bonchev–Trinajstić information content (AvgIpc) is 2.89. The number of rotatable bonds is 6. The average molecular weight is 450 g/mol. The van der Waals surface area contributed by atoms with Crippen molar-refractivity contribution in [2.45, 2.75) is 19.4 Å². The summed E-state index contributed by atoms with van der Waals surface area (Å²) < 4.78 is 11.6. The van der Waals surface area contributed by atoms with Crippen molar-refractivity contribution in [1.29, 1.82) is 0 Å². The van der Waals surface area contributed by atoms with Crippen molar-refractivity contribution < 1.29 is 4.74 Å². The largest absolute Gasteiger partial charge is 0.362 e. The molecule has 1 unspecified atom stereocenters. The highest BCUT2D eigenvalue weighted by Gasteiger charge is 2.31. The summed E-state index contributed by atoms with van der Waals surface area (Å²) in [6, 6.07) is 40.1. The van der Waals surface area contributed by atoms with Gasteiger partial charge in [0.25, 0.3) is 0 Å². The zero-order chi connectivity index (χ0) is 23.2. The van der Waals surface area contributed by atoms with Crippen LogP contribution in [0.2, 0.25) is 0 Å². The molecule has 0 N–H and O–H groups in total. The highest BCUT2D eigenvalue weighted by atomic mass is 31.2. The molecule has 0 aliphatic carbocycles. The van der Waals surface area contributed by atoms with Gasteiger partial charge in [0.2, 0.25) is 0 Å². The van der Waals surface area contributed by atoms with Crippen LogP contribution in [0.3, 0.4) is 0 Å². The highest BCUT2D eigenvalue weighted by molar-refractivity contribution is 7.87. The molecule has 0 bridgehead atoms. The molecule has 1 atom stereocenters. The predicted octanol–water partition coefficient (Wildman–Crippen LogP) is 6.38. The molecule has 4 rings (SSSR count). The zero-order valence-electron chi connectivity index (χ0n) is 19.3. The topological polar surface area (TPSA) is 21.6 Å². The fourth-order valence-corrected chi connectivity index (χ4v) is 7.69. The maximum absolute atomic E-state index is 5.92. The molecular formula is C30H28NOP. The van der Waals surface area contributed by atoms with E-state index in [0.717, 1.165) is 11.3 Å². The third-order valence-corrected chi connectivity index (χ3v) is 9.49. The van der Waals surface area contributed by atoms with E-state index in [1.54, 1.807) is 7.11 Å². The highest BCUT2D eigenvalue weighted by Crippen LogP contribution is 2.50. The molecule has 2 nitrogen and oxygen atoms in total. The number of hydrogen-bond donors (Lipinski definition) is 0. The minimum atomic E-state index is -2.38. The Labute approximate surface area is 197 Å². The van der Waals surface area contributed by atoms with E-state index in [2.05, 4.69) is 115 Å². The molecule has 0 aliphatic heterocycles. The predicted molar refractivity (Wildman–Crippen MR) is 141 cm³/mol. The van der Waals surface area contributed by atoms with Gasteiger partial charge in [-0.1, -0.05) is 115 Å². The van der Waals surface area contributed by atoms with E-state index in [0.29, 0.717) is 0 Å². The first-order valence-corrected chi connectivity index (χ1v) is 12.8. The lowest BCUT2D eigenvalue weighted by Crippen LogP contribution is -2.26. The summed E-state index contributed by atoms with van der Waals surface area (Å²) in [5.41, 5.74) is 1.11.